The molecular weight excluding hydrogens is 216 g/mol. The predicted molar refractivity (Wildman–Crippen MR) is 54.6 cm³/mol. The van der Waals surface area contributed by atoms with Crippen molar-refractivity contribution in [1.29, 1.82) is 0 Å². The topological polar surface area (TPSA) is 141 Å². The Morgan fingerprint density at radius 2 is 1.94 bits per heavy atom. The van der Waals surface area contributed by atoms with Crippen LogP contribution in [0.4, 0.5) is 16.2 Å². The number of urea groups is 1. The molecule has 8 nitrogen and oxygen atoms in total. The second kappa shape index (κ2) is 4.26. The lowest BCUT2D eigenvalue weighted by atomic mass is 10.1. The highest BCUT2D eigenvalue weighted by Crippen LogP contribution is 2.18. The highest BCUT2D eigenvalue weighted by atomic mass is 16.6. The molecule has 0 aliphatic rings. The molecule has 1 aromatic carbocycles. The Hall–Kier alpha value is -2.64. The van der Waals surface area contributed by atoms with E-state index in [0.717, 1.165) is 12.1 Å². The number of hydrogen-bond donors (Lipinski definition) is 3. The number of primary amides is 1. The van der Waals surface area contributed by atoms with Gasteiger partial charge < -0.3 is 11.5 Å². The van der Waals surface area contributed by atoms with Gasteiger partial charge in [0.25, 0.3) is 11.6 Å². The average Bonchev–Trinajstić information content (AvgIpc) is 2.15. The number of nitrogen functional groups attached to an aromatic ring is 1. The Balaban J connectivity index is 3.09. The summed E-state index contributed by atoms with van der Waals surface area (Å²) in [5, 5.41) is 12.3. The summed E-state index contributed by atoms with van der Waals surface area (Å²) in [4.78, 5) is 31.5. The molecular formula is C8H8N4O4. The second-order valence-electron chi connectivity index (χ2n) is 2.89. The summed E-state index contributed by atoms with van der Waals surface area (Å²) in [6.07, 6.45) is 0. The third kappa shape index (κ3) is 2.67. The Kier molecular flexibility index (Phi) is 3.04. The zero-order chi connectivity index (χ0) is 12.3. The molecule has 0 bridgehead atoms. The minimum Gasteiger partial charge on any atom is -0.399 e. The Morgan fingerprint density at radius 3 is 2.44 bits per heavy atom. The normalized spacial score (nSPS) is 9.50. The fourth-order valence-electron chi connectivity index (χ4n) is 1.06. The molecule has 3 amide bonds. The van der Waals surface area contributed by atoms with E-state index in [-0.39, 0.29) is 16.9 Å². The Labute approximate surface area is 89.4 Å². The molecule has 0 unspecified atom stereocenters. The van der Waals surface area contributed by atoms with Crippen LogP contribution >= 0.6 is 0 Å². The summed E-state index contributed by atoms with van der Waals surface area (Å²) in [7, 11) is 0. The number of benzene rings is 1. The highest BCUT2D eigenvalue weighted by Gasteiger charge is 2.14. The molecule has 84 valence electrons. The number of carbonyl (C=O) groups is 2. The van der Waals surface area contributed by atoms with E-state index in [1.807, 2.05) is 0 Å². The van der Waals surface area contributed by atoms with Crippen LogP contribution < -0.4 is 16.8 Å². The maximum atomic E-state index is 11.3. The fourth-order valence-corrected chi connectivity index (χ4v) is 1.06. The quantitative estimate of drug-likeness (QED) is 0.367. The molecule has 0 spiro atoms. The van der Waals surface area contributed by atoms with Crippen molar-refractivity contribution in [3.05, 3.63) is 33.9 Å². The number of nitro benzene ring substituents is 1. The molecule has 0 radical (unpaired) electrons. The number of nitrogens with two attached hydrogens (primary N) is 2. The van der Waals surface area contributed by atoms with Gasteiger partial charge in [-0.05, 0) is 6.07 Å². The predicted octanol–water partition coefficient (Wildman–Crippen LogP) is -0.0145. The van der Waals surface area contributed by atoms with Crippen LogP contribution in [0.2, 0.25) is 0 Å². The third-order valence-electron chi connectivity index (χ3n) is 1.65. The van der Waals surface area contributed by atoms with Crippen LogP contribution in [0.5, 0.6) is 0 Å². The second-order valence-corrected chi connectivity index (χ2v) is 2.89. The first-order valence-electron chi connectivity index (χ1n) is 4.06. The van der Waals surface area contributed by atoms with Gasteiger partial charge in [0.2, 0.25) is 0 Å². The molecule has 8 heteroatoms. The monoisotopic (exact) mass is 224 g/mol. The van der Waals surface area contributed by atoms with Crippen molar-refractivity contribution in [3.8, 4) is 0 Å². The van der Waals surface area contributed by atoms with Gasteiger partial charge in [-0.2, -0.15) is 0 Å². The van der Waals surface area contributed by atoms with E-state index in [9.17, 15) is 19.7 Å². The van der Waals surface area contributed by atoms with Gasteiger partial charge >= 0.3 is 6.03 Å². The van der Waals surface area contributed by atoms with E-state index in [2.05, 4.69) is 0 Å². The molecule has 0 aliphatic heterocycles. The van der Waals surface area contributed by atoms with Crippen LogP contribution in [-0.2, 0) is 0 Å². The lowest BCUT2D eigenvalue weighted by Crippen LogP contribution is -2.35. The smallest absolute Gasteiger partial charge is 0.319 e. The van der Waals surface area contributed by atoms with E-state index in [1.54, 1.807) is 5.32 Å². The molecule has 5 N–H and O–H groups in total. The number of carbonyl (C=O) groups excluding carboxylic acids is 2. The average molecular weight is 224 g/mol. The molecule has 0 heterocycles. The van der Waals surface area contributed by atoms with Crippen LogP contribution in [0.25, 0.3) is 0 Å². The minimum absolute atomic E-state index is 0.0452. The van der Waals surface area contributed by atoms with E-state index in [4.69, 9.17) is 11.5 Å². The van der Waals surface area contributed by atoms with Gasteiger partial charge in [0.05, 0.1) is 4.92 Å². The molecule has 0 saturated heterocycles. The number of rotatable bonds is 2. The summed E-state index contributed by atoms with van der Waals surface area (Å²) >= 11 is 0. The van der Waals surface area contributed by atoms with E-state index >= 15 is 0 Å². The van der Waals surface area contributed by atoms with Crippen molar-refractivity contribution < 1.29 is 14.5 Å². The number of imide groups is 1. The lowest BCUT2D eigenvalue weighted by molar-refractivity contribution is -0.384. The molecule has 0 aromatic heterocycles. The Bertz CT molecular complexity index is 471. The zero-order valence-corrected chi connectivity index (χ0v) is 7.97. The summed E-state index contributed by atoms with van der Waals surface area (Å²) in [5.41, 5.74) is 9.70. The first-order valence-corrected chi connectivity index (χ1v) is 4.06. The van der Waals surface area contributed by atoms with Crippen molar-refractivity contribution in [2.24, 2.45) is 5.73 Å². The molecule has 0 aliphatic carbocycles. The minimum atomic E-state index is -1.05. The van der Waals surface area contributed by atoms with Gasteiger partial charge in [-0.15, -0.1) is 0 Å². The highest BCUT2D eigenvalue weighted by molar-refractivity contribution is 6.04. The van der Waals surface area contributed by atoms with Crippen molar-refractivity contribution >= 4 is 23.3 Å². The molecule has 0 fully saturated rings. The maximum absolute atomic E-state index is 11.3. The number of hydrogen-bond acceptors (Lipinski definition) is 5. The van der Waals surface area contributed by atoms with Crippen LogP contribution in [0, 0.1) is 10.1 Å². The van der Waals surface area contributed by atoms with Crippen LogP contribution in [-0.4, -0.2) is 16.9 Å². The number of nitrogens with zero attached hydrogens (tertiary/aromatic N) is 1. The summed E-state index contributed by atoms with van der Waals surface area (Å²) < 4.78 is 0. The van der Waals surface area contributed by atoms with Crippen LogP contribution in [0.15, 0.2) is 18.2 Å². The van der Waals surface area contributed by atoms with Gasteiger partial charge in [-0.25, -0.2) is 4.79 Å². The SMILES string of the molecule is NC(=O)NC(=O)c1cc(N)cc([N+](=O)[O-])c1. The third-order valence-corrected chi connectivity index (χ3v) is 1.65. The zero-order valence-electron chi connectivity index (χ0n) is 7.97. The molecule has 16 heavy (non-hydrogen) atoms. The van der Waals surface area contributed by atoms with Crippen molar-refractivity contribution in [2.45, 2.75) is 0 Å². The van der Waals surface area contributed by atoms with Crippen molar-refractivity contribution in [3.63, 3.8) is 0 Å². The first-order chi connectivity index (χ1) is 7.40. The van der Waals surface area contributed by atoms with E-state index in [0.29, 0.717) is 0 Å². The maximum Gasteiger partial charge on any atom is 0.319 e. The van der Waals surface area contributed by atoms with Gasteiger partial charge in [0, 0.05) is 23.4 Å². The van der Waals surface area contributed by atoms with Crippen molar-refractivity contribution in [1.82, 2.24) is 5.32 Å². The number of non-ortho nitro benzene ring substituents is 1. The van der Waals surface area contributed by atoms with Gasteiger partial charge in [0.1, 0.15) is 0 Å². The largest absolute Gasteiger partial charge is 0.399 e. The van der Waals surface area contributed by atoms with Gasteiger partial charge in [-0.3, -0.25) is 20.2 Å². The van der Waals surface area contributed by atoms with E-state index in [1.165, 1.54) is 6.07 Å². The lowest BCUT2D eigenvalue weighted by Gasteiger charge is -2.02. The summed E-state index contributed by atoms with van der Waals surface area (Å²) in [5.74, 6) is -0.845. The number of anilines is 1. The van der Waals surface area contributed by atoms with Crippen molar-refractivity contribution in [2.75, 3.05) is 5.73 Å². The Morgan fingerprint density at radius 1 is 1.31 bits per heavy atom. The number of nitrogens with one attached hydrogen (secondary N) is 1. The summed E-state index contributed by atoms with van der Waals surface area (Å²) in [6, 6.07) is 2.25. The standard InChI is InChI=1S/C8H8N4O4/c9-5-1-4(7(13)11-8(10)14)2-6(3-5)12(15)16/h1-3H,9H2,(H3,10,11,13,14). The first kappa shape index (κ1) is 11.4. The van der Waals surface area contributed by atoms with Gasteiger partial charge in [-0.1, -0.05) is 0 Å². The van der Waals surface area contributed by atoms with Crippen LogP contribution in [0.3, 0.4) is 0 Å². The fraction of sp³-hybridized carbons (Fsp3) is 0. The molecule has 0 saturated carbocycles. The molecule has 1 rings (SSSR count). The van der Waals surface area contributed by atoms with E-state index < -0.39 is 16.9 Å². The summed E-state index contributed by atoms with van der Waals surface area (Å²) in [6.45, 7) is 0. The molecule has 0 atom stereocenters. The molecule has 1 aromatic rings. The number of amides is 3. The number of nitro groups is 1. The van der Waals surface area contributed by atoms with Gasteiger partial charge in [0.15, 0.2) is 0 Å². The van der Waals surface area contributed by atoms with Crippen LogP contribution in [0.1, 0.15) is 10.4 Å².